The molecule has 0 bridgehead atoms. The van der Waals surface area contributed by atoms with Crippen LogP contribution in [0.4, 0.5) is 15.8 Å². The lowest BCUT2D eigenvalue weighted by molar-refractivity contribution is -0.137. The Bertz CT molecular complexity index is 1630. The van der Waals surface area contributed by atoms with Crippen molar-refractivity contribution in [3.63, 3.8) is 0 Å². The van der Waals surface area contributed by atoms with Crippen LogP contribution in [0.5, 0.6) is 0 Å². The van der Waals surface area contributed by atoms with Crippen molar-refractivity contribution in [2.24, 2.45) is 0 Å². The number of anilines is 2. The molecule has 3 aromatic carbocycles. The van der Waals surface area contributed by atoms with E-state index in [1.165, 1.54) is 42.7 Å². The van der Waals surface area contributed by atoms with Gasteiger partial charge in [-0.2, -0.15) is 4.68 Å². The van der Waals surface area contributed by atoms with Crippen LogP contribution in [-0.2, 0) is 25.5 Å². The number of carbonyl (C=O) groups excluding carboxylic acids is 4. The number of nitrogens with one attached hydrogen (secondary N) is 3. The van der Waals surface area contributed by atoms with Crippen LogP contribution in [0.25, 0.3) is 5.69 Å². The largest absolute Gasteiger partial charge is 0.456 e. The van der Waals surface area contributed by atoms with E-state index in [0.29, 0.717) is 11.3 Å². The number of amides is 3. The summed E-state index contributed by atoms with van der Waals surface area (Å²) in [5, 5.41) is 17.6. The van der Waals surface area contributed by atoms with Crippen molar-refractivity contribution in [2.75, 3.05) is 10.6 Å². The summed E-state index contributed by atoms with van der Waals surface area (Å²) in [6.45, 7) is 5.25. The Morgan fingerprint density at radius 2 is 1.65 bits per heavy atom. The van der Waals surface area contributed by atoms with Gasteiger partial charge in [-0.05, 0) is 73.2 Å². The predicted octanol–water partition coefficient (Wildman–Crippen LogP) is 3.71. The lowest BCUT2D eigenvalue weighted by Crippen LogP contribution is -2.49. The molecule has 12 nitrogen and oxygen atoms in total. The van der Waals surface area contributed by atoms with Crippen LogP contribution >= 0.6 is 11.6 Å². The highest BCUT2D eigenvalue weighted by atomic mass is 35.5. The molecule has 0 saturated heterocycles. The van der Waals surface area contributed by atoms with E-state index in [-0.39, 0.29) is 22.7 Å². The van der Waals surface area contributed by atoms with Gasteiger partial charge in [0.25, 0.3) is 0 Å². The third kappa shape index (κ3) is 8.20. The molecule has 43 heavy (non-hydrogen) atoms. The molecule has 0 spiro atoms. The first-order valence-corrected chi connectivity index (χ1v) is 13.3. The number of aromatic nitrogens is 4. The quantitative estimate of drug-likeness (QED) is 0.202. The fraction of sp³-hybridized carbons (Fsp3) is 0.207. The Morgan fingerprint density at radius 3 is 2.28 bits per heavy atom. The van der Waals surface area contributed by atoms with E-state index in [1.807, 2.05) is 0 Å². The van der Waals surface area contributed by atoms with Crippen molar-refractivity contribution in [3.05, 3.63) is 95.0 Å². The van der Waals surface area contributed by atoms with Crippen LogP contribution < -0.4 is 16.0 Å². The Balaban J connectivity index is 1.50. The maximum atomic E-state index is 14.9. The average molecular weight is 608 g/mol. The number of hydrogen-bond donors (Lipinski definition) is 3. The number of esters is 1. The Hall–Kier alpha value is -5.17. The third-order valence-corrected chi connectivity index (χ3v) is 6.10. The standard InChI is InChI=1S/C29H27ClFN7O5/c1-29(2,3)43-28(42)18-9-11-19(12-10-18)33-25(39)21(15-17-7-5-4-6-8-17)34-26(40)27(41)35-24-22(38-16-32-36-37-38)14-13-20(30)23(24)31/h4-14,16,21H,15H2,1-3H3,(H,33,39)(H,34,40)(H,35,41)/t21-/m0/s1. The first kappa shape index (κ1) is 30.8. The smallest absolute Gasteiger partial charge is 0.338 e. The minimum atomic E-state index is -1.26. The molecule has 0 aliphatic heterocycles. The highest BCUT2D eigenvalue weighted by molar-refractivity contribution is 6.40. The van der Waals surface area contributed by atoms with E-state index in [9.17, 15) is 23.6 Å². The number of hydrogen-bond acceptors (Lipinski definition) is 8. The molecular weight excluding hydrogens is 581 g/mol. The molecule has 1 aromatic heterocycles. The summed E-state index contributed by atoms with van der Waals surface area (Å²) in [6, 6.07) is 16.2. The average Bonchev–Trinajstić information content (AvgIpc) is 3.50. The Labute approximate surface area is 250 Å². The number of benzene rings is 3. The lowest BCUT2D eigenvalue weighted by Gasteiger charge is -2.20. The number of tetrazole rings is 1. The second-order valence-corrected chi connectivity index (χ2v) is 10.7. The molecule has 4 aromatic rings. The van der Waals surface area contributed by atoms with Gasteiger partial charge < -0.3 is 20.7 Å². The predicted molar refractivity (Wildman–Crippen MR) is 155 cm³/mol. The molecular formula is C29H27ClFN7O5. The number of nitrogens with zero attached hydrogens (tertiary/aromatic N) is 4. The summed E-state index contributed by atoms with van der Waals surface area (Å²) < 4.78 is 21.3. The maximum absolute atomic E-state index is 14.9. The van der Waals surface area contributed by atoms with Gasteiger partial charge in [0.15, 0.2) is 5.82 Å². The number of ether oxygens (including phenoxy) is 1. The molecule has 0 fully saturated rings. The van der Waals surface area contributed by atoms with Crippen LogP contribution in [0, 0.1) is 5.82 Å². The van der Waals surface area contributed by atoms with Gasteiger partial charge in [-0.3, -0.25) is 14.4 Å². The molecule has 1 atom stereocenters. The highest BCUT2D eigenvalue weighted by Crippen LogP contribution is 2.29. The molecule has 3 N–H and O–H groups in total. The van der Waals surface area contributed by atoms with Gasteiger partial charge in [0, 0.05) is 12.1 Å². The van der Waals surface area contributed by atoms with E-state index >= 15 is 0 Å². The number of rotatable bonds is 8. The molecule has 14 heteroatoms. The minimum absolute atomic E-state index is 0.0152. The van der Waals surface area contributed by atoms with Crippen molar-refractivity contribution in [3.8, 4) is 5.69 Å². The van der Waals surface area contributed by atoms with Crippen LogP contribution in [0.15, 0.2) is 73.1 Å². The molecule has 0 saturated carbocycles. The highest BCUT2D eigenvalue weighted by Gasteiger charge is 2.27. The summed E-state index contributed by atoms with van der Waals surface area (Å²) in [7, 11) is 0. The van der Waals surface area contributed by atoms with Crippen molar-refractivity contribution < 1.29 is 28.3 Å². The molecule has 4 rings (SSSR count). The van der Waals surface area contributed by atoms with Crippen LogP contribution in [0.3, 0.4) is 0 Å². The summed E-state index contributed by atoms with van der Waals surface area (Å²) in [6.07, 6.45) is 1.20. The second-order valence-electron chi connectivity index (χ2n) is 10.2. The van der Waals surface area contributed by atoms with Crippen LogP contribution in [-0.4, -0.2) is 55.5 Å². The molecule has 1 heterocycles. The monoisotopic (exact) mass is 607 g/mol. The van der Waals surface area contributed by atoms with Crippen molar-refractivity contribution in [1.82, 2.24) is 25.5 Å². The Morgan fingerprint density at radius 1 is 0.953 bits per heavy atom. The molecule has 0 aliphatic rings. The SMILES string of the molecule is CC(C)(C)OC(=O)c1ccc(NC(=O)[C@H](Cc2ccccc2)NC(=O)C(=O)Nc2c(-n3cnnn3)ccc(Cl)c2F)cc1. The third-order valence-electron chi connectivity index (χ3n) is 5.80. The van der Waals surface area contributed by atoms with Gasteiger partial charge >= 0.3 is 17.8 Å². The lowest BCUT2D eigenvalue weighted by atomic mass is 10.0. The van der Waals surface area contributed by atoms with E-state index < -0.39 is 46.8 Å². The summed E-state index contributed by atoms with van der Waals surface area (Å²) in [4.78, 5) is 51.5. The van der Waals surface area contributed by atoms with Gasteiger partial charge in [0.1, 0.15) is 23.7 Å². The van der Waals surface area contributed by atoms with Crippen LogP contribution in [0.1, 0.15) is 36.7 Å². The first-order chi connectivity index (χ1) is 20.4. The van der Waals surface area contributed by atoms with Crippen LogP contribution in [0.2, 0.25) is 5.02 Å². The van der Waals surface area contributed by atoms with Gasteiger partial charge in [0.2, 0.25) is 5.91 Å². The zero-order chi connectivity index (χ0) is 31.1. The zero-order valence-corrected chi connectivity index (χ0v) is 24.1. The van der Waals surface area contributed by atoms with E-state index in [2.05, 4.69) is 31.5 Å². The number of halogens is 2. The summed E-state index contributed by atoms with van der Waals surface area (Å²) in [5.74, 6) is -4.64. The topological polar surface area (TPSA) is 157 Å². The number of carbonyl (C=O) groups is 4. The summed E-state index contributed by atoms with van der Waals surface area (Å²) >= 11 is 5.89. The molecule has 222 valence electrons. The fourth-order valence-electron chi connectivity index (χ4n) is 3.83. The fourth-order valence-corrected chi connectivity index (χ4v) is 3.99. The second kappa shape index (κ2) is 13.2. The summed E-state index contributed by atoms with van der Waals surface area (Å²) in [5.41, 5.74) is 0.225. The van der Waals surface area contributed by atoms with E-state index in [1.54, 1.807) is 51.1 Å². The first-order valence-electron chi connectivity index (χ1n) is 12.9. The van der Waals surface area contributed by atoms with Crippen molar-refractivity contribution in [2.45, 2.75) is 38.8 Å². The van der Waals surface area contributed by atoms with Crippen molar-refractivity contribution >= 4 is 46.7 Å². The molecule has 3 amide bonds. The maximum Gasteiger partial charge on any atom is 0.338 e. The van der Waals surface area contributed by atoms with E-state index in [4.69, 9.17) is 16.3 Å². The Kier molecular flexibility index (Phi) is 9.46. The minimum Gasteiger partial charge on any atom is -0.456 e. The molecule has 0 aliphatic carbocycles. The van der Waals surface area contributed by atoms with Gasteiger partial charge in [0.05, 0.1) is 16.3 Å². The normalized spacial score (nSPS) is 11.7. The molecule has 0 radical (unpaired) electrons. The van der Waals surface area contributed by atoms with Crippen molar-refractivity contribution in [1.29, 1.82) is 0 Å². The van der Waals surface area contributed by atoms with Gasteiger partial charge in [-0.15, -0.1) is 5.10 Å². The molecule has 0 unspecified atom stereocenters. The zero-order valence-electron chi connectivity index (χ0n) is 23.3. The van der Waals surface area contributed by atoms with E-state index in [0.717, 1.165) is 4.68 Å². The van der Waals surface area contributed by atoms with Gasteiger partial charge in [-0.25, -0.2) is 9.18 Å². The van der Waals surface area contributed by atoms with Gasteiger partial charge in [-0.1, -0.05) is 41.9 Å².